The predicted molar refractivity (Wildman–Crippen MR) is 75.4 cm³/mol. The van der Waals surface area contributed by atoms with Gasteiger partial charge in [0.1, 0.15) is 0 Å². The Labute approximate surface area is 125 Å². The van der Waals surface area contributed by atoms with Crippen LogP contribution in [0.1, 0.15) is 27.1 Å². The Morgan fingerprint density at radius 2 is 1.71 bits per heavy atom. The summed E-state index contributed by atoms with van der Waals surface area (Å²) < 4.78 is 0. The monoisotopic (exact) mass is 306 g/mol. The van der Waals surface area contributed by atoms with E-state index in [-0.39, 0.29) is 40.3 Å². The van der Waals surface area contributed by atoms with Crippen molar-refractivity contribution in [2.45, 2.75) is 6.42 Å². The van der Waals surface area contributed by atoms with Gasteiger partial charge in [-0.05, 0) is 6.08 Å². The van der Waals surface area contributed by atoms with E-state index in [0.717, 1.165) is 6.08 Å². The van der Waals surface area contributed by atoms with Crippen LogP contribution in [0.4, 0.5) is 0 Å². The molecule has 5 nitrogen and oxygen atoms in total. The topological polar surface area (TPSA) is 91.7 Å². The van der Waals surface area contributed by atoms with Crippen LogP contribution in [0.3, 0.4) is 0 Å². The zero-order valence-electron chi connectivity index (χ0n) is 10.8. The molecule has 1 aliphatic carbocycles. The van der Waals surface area contributed by atoms with Crippen molar-refractivity contribution in [1.82, 2.24) is 0 Å². The number of ketones is 2. The van der Waals surface area contributed by atoms with Crippen molar-refractivity contribution in [1.29, 1.82) is 0 Å². The van der Waals surface area contributed by atoms with E-state index in [1.165, 1.54) is 12.1 Å². The molecule has 6 heteroatoms. The van der Waals surface area contributed by atoms with E-state index in [1.54, 1.807) is 12.1 Å². The zero-order valence-corrected chi connectivity index (χ0v) is 11.6. The Bertz CT molecular complexity index is 700. The minimum Gasteiger partial charge on any atom is -0.478 e. The van der Waals surface area contributed by atoms with Crippen LogP contribution in [0.25, 0.3) is 0 Å². The van der Waals surface area contributed by atoms with E-state index in [2.05, 4.69) is 0 Å². The summed E-state index contributed by atoms with van der Waals surface area (Å²) in [4.78, 5) is 35.5. The molecule has 0 amide bonds. The average molecular weight is 307 g/mol. The van der Waals surface area contributed by atoms with Gasteiger partial charge in [0.05, 0.1) is 5.03 Å². The third-order valence-corrected chi connectivity index (χ3v) is 3.45. The number of hydrogen-bond acceptors (Lipinski definition) is 4. The highest BCUT2D eigenvalue weighted by atomic mass is 35.5. The van der Waals surface area contributed by atoms with Gasteiger partial charge in [0.15, 0.2) is 5.78 Å². The SMILES string of the molecule is O=C(O)/C(=C/C1=C(Cl)C(=O)c2ccccc2C1=O)CCO. The Kier molecular flexibility index (Phi) is 4.35. The molecule has 2 N–H and O–H groups in total. The summed E-state index contributed by atoms with van der Waals surface area (Å²) in [5.41, 5.74) is 0.0352. The number of carboxylic acid groups (broad SMARTS) is 1. The van der Waals surface area contributed by atoms with E-state index in [9.17, 15) is 14.4 Å². The maximum Gasteiger partial charge on any atom is 0.331 e. The fraction of sp³-hybridized carbons (Fsp3) is 0.133. The number of aliphatic hydroxyl groups is 1. The maximum absolute atomic E-state index is 12.3. The summed E-state index contributed by atoms with van der Waals surface area (Å²) in [6.45, 7) is -0.387. The van der Waals surface area contributed by atoms with E-state index in [1.807, 2.05) is 0 Å². The minimum atomic E-state index is -1.28. The standard InChI is InChI=1S/C15H11ClO5/c16-12-11(7-8(5-6-17)15(20)21)13(18)9-3-1-2-4-10(9)14(12)19/h1-4,7,17H,5-6H2,(H,20,21)/b8-7+. The fourth-order valence-corrected chi connectivity index (χ4v) is 2.27. The molecule has 108 valence electrons. The van der Waals surface area contributed by atoms with E-state index in [4.69, 9.17) is 21.8 Å². The van der Waals surface area contributed by atoms with Crippen LogP contribution in [-0.2, 0) is 4.79 Å². The minimum absolute atomic E-state index is 0.147. The molecular formula is C15H11ClO5. The summed E-state index contributed by atoms with van der Waals surface area (Å²) in [6.07, 6.45) is 0.906. The van der Waals surface area contributed by atoms with Gasteiger partial charge in [-0.3, -0.25) is 9.59 Å². The summed E-state index contributed by atoms with van der Waals surface area (Å²) in [5.74, 6) is -2.31. The number of carbonyl (C=O) groups excluding carboxylic acids is 2. The predicted octanol–water partition coefficient (Wildman–Crippen LogP) is 1.95. The number of aliphatic hydroxyl groups excluding tert-OH is 1. The third kappa shape index (κ3) is 2.79. The van der Waals surface area contributed by atoms with Gasteiger partial charge < -0.3 is 10.2 Å². The molecule has 0 saturated carbocycles. The van der Waals surface area contributed by atoms with Gasteiger partial charge >= 0.3 is 5.97 Å². The Hall–Kier alpha value is -2.24. The lowest BCUT2D eigenvalue weighted by Gasteiger charge is -2.16. The normalized spacial score (nSPS) is 15.2. The molecule has 0 unspecified atom stereocenters. The van der Waals surface area contributed by atoms with Crippen molar-refractivity contribution < 1.29 is 24.6 Å². The number of allylic oxidation sites excluding steroid dienone is 3. The van der Waals surface area contributed by atoms with Crippen LogP contribution >= 0.6 is 11.6 Å². The molecule has 0 radical (unpaired) electrons. The first-order valence-electron chi connectivity index (χ1n) is 6.10. The number of benzene rings is 1. The molecular weight excluding hydrogens is 296 g/mol. The Balaban J connectivity index is 2.57. The Morgan fingerprint density at radius 1 is 1.14 bits per heavy atom. The van der Waals surface area contributed by atoms with Gasteiger partial charge in [0.2, 0.25) is 5.78 Å². The number of Topliss-reactive ketones (excluding diaryl/α,β-unsaturated/α-hetero) is 2. The molecule has 1 aromatic rings. The highest BCUT2D eigenvalue weighted by Crippen LogP contribution is 2.30. The van der Waals surface area contributed by atoms with Gasteiger partial charge in [-0.1, -0.05) is 35.9 Å². The highest BCUT2D eigenvalue weighted by Gasteiger charge is 2.30. The van der Waals surface area contributed by atoms with Crippen LogP contribution in [0.2, 0.25) is 0 Å². The lowest BCUT2D eigenvalue weighted by molar-refractivity contribution is -0.132. The largest absolute Gasteiger partial charge is 0.478 e. The smallest absolute Gasteiger partial charge is 0.331 e. The third-order valence-electron chi connectivity index (χ3n) is 3.07. The molecule has 0 aliphatic heterocycles. The molecule has 0 aromatic heterocycles. The fourth-order valence-electron chi connectivity index (χ4n) is 2.03. The zero-order chi connectivity index (χ0) is 15.6. The van der Waals surface area contributed by atoms with Crippen molar-refractivity contribution in [3.63, 3.8) is 0 Å². The first-order chi connectivity index (χ1) is 9.97. The Morgan fingerprint density at radius 3 is 2.24 bits per heavy atom. The number of aliphatic carboxylic acids is 1. The lowest BCUT2D eigenvalue weighted by Crippen LogP contribution is -2.19. The average Bonchev–Trinajstić information content (AvgIpc) is 2.48. The first kappa shape index (κ1) is 15.2. The second-order valence-electron chi connectivity index (χ2n) is 4.38. The van der Waals surface area contributed by atoms with Gasteiger partial charge in [-0.2, -0.15) is 0 Å². The van der Waals surface area contributed by atoms with Crippen molar-refractivity contribution in [3.8, 4) is 0 Å². The summed E-state index contributed by atoms with van der Waals surface area (Å²) in [6, 6.07) is 6.20. The maximum atomic E-state index is 12.3. The van der Waals surface area contributed by atoms with Crippen LogP contribution in [-0.4, -0.2) is 34.4 Å². The van der Waals surface area contributed by atoms with Crippen LogP contribution in [0.15, 0.2) is 46.5 Å². The molecule has 0 bridgehead atoms. The molecule has 21 heavy (non-hydrogen) atoms. The summed E-state index contributed by atoms with van der Waals surface area (Å²) >= 11 is 5.91. The first-order valence-corrected chi connectivity index (χ1v) is 6.48. The van der Waals surface area contributed by atoms with E-state index >= 15 is 0 Å². The molecule has 0 atom stereocenters. The summed E-state index contributed by atoms with van der Waals surface area (Å²) in [7, 11) is 0. The van der Waals surface area contributed by atoms with Crippen molar-refractivity contribution in [2.75, 3.05) is 6.61 Å². The quantitative estimate of drug-likeness (QED) is 0.830. The molecule has 0 saturated heterocycles. The van der Waals surface area contributed by atoms with Crippen LogP contribution in [0, 0.1) is 0 Å². The number of halogens is 1. The van der Waals surface area contributed by atoms with Gasteiger partial charge in [0, 0.05) is 35.3 Å². The number of rotatable bonds is 4. The van der Waals surface area contributed by atoms with Gasteiger partial charge in [0.25, 0.3) is 0 Å². The summed E-state index contributed by atoms with van der Waals surface area (Å²) in [5, 5.41) is 17.6. The number of hydrogen-bond donors (Lipinski definition) is 2. The van der Waals surface area contributed by atoms with Crippen LogP contribution < -0.4 is 0 Å². The number of carboxylic acids is 1. The van der Waals surface area contributed by atoms with Crippen LogP contribution in [0.5, 0.6) is 0 Å². The molecule has 1 aromatic carbocycles. The lowest BCUT2D eigenvalue weighted by atomic mass is 9.88. The van der Waals surface area contributed by atoms with Crippen molar-refractivity contribution in [2.24, 2.45) is 0 Å². The molecule has 0 heterocycles. The van der Waals surface area contributed by atoms with Crippen molar-refractivity contribution >= 4 is 29.1 Å². The van der Waals surface area contributed by atoms with E-state index in [0.29, 0.717) is 0 Å². The second-order valence-corrected chi connectivity index (χ2v) is 4.76. The highest BCUT2D eigenvalue weighted by molar-refractivity contribution is 6.50. The number of carbonyl (C=O) groups is 3. The van der Waals surface area contributed by atoms with Crippen molar-refractivity contribution in [3.05, 3.63) is 57.6 Å². The van der Waals surface area contributed by atoms with Gasteiger partial charge in [-0.15, -0.1) is 0 Å². The van der Waals surface area contributed by atoms with E-state index < -0.39 is 17.5 Å². The molecule has 2 rings (SSSR count). The molecule has 1 aliphatic rings. The van der Waals surface area contributed by atoms with Gasteiger partial charge in [-0.25, -0.2) is 4.79 Å². The molecule has 0 fully saturated rings. The number of fused-ring (bicyclic) bond motifs is 1. The second kappa shape index (κ2) is 6.03. The molecule has 0 spiro atoms.